The standard InChI is InChI=1S/C14H13Cl2N3O/c15-11-2-1-3-12(13(11)16)18-8-9-4-6-10(7-5-9)14(17)19-20/h1-7,18,20H,8H2,(H2,17,19). The first-order valence-corrected chi connectivity index (χ1v) is 6.62. The maximum Gasteiger partial charge on any atom is 0.170 e. The molecule has 6 heteroatoms. The maximum absolute atomic E-state index is 8.59. The van der Waals surface area contributed by atoms with Crippen LogP contribution in [0.15, 0.2) is 47.6 Å². The summed E-state index contributed by atoms with van der Waals surface area (Å²) in [5.41, 5.74) is 7.98. The summed E-state index contributed by atoms with van der Waals surface area (Å²) < 4.78 is 0. The number of nitrogens with zero attached hydrogens (tertiary/aromatic N) is 1. The lowest BCUT2D eigenvalue weighted by atomic mass is 10.1. The molecular formula is C14H13Cl2N3O. The van der Waals surface area contributed by atoms with E-state index in [2.05, 4.69) is 10.5 Å². The van der Waals surface area contributed by atoms with Crippen LogP contribution >= 0.6 is 23.2 Å². The minimum absolute atomic E-state index is 0.0856. The molecule has 0 saturated carbocycles. The van der Waals surface area contributed by atoms with Crippen LogP contribution in [-0.2, 0) is 6.54 Å². The fourth-order valence-corrected chi connectivity index (χ4v) is 2.06. The first-order chi connectivity index (χ1) is 9.61. The molecule has 4 nitrogen and oxygen atoms in total. The highest BCUT2D eigenvalue weighted by Gasteiger charge is 2.04. The number of amidine groups is 1. The number of rotatable bonds is 4. The van der Waals surface area contributed by atoms with Crippen molar-refractivity contribution in [1.29, 1.82) is 0 Å². The quantitative estimate of drug-likeness (QED) is 0.349. The Morgan fingerprint density at radius 1 is 1.15 bits per heavy atom. The van der Waals surface area contributed by atoms with Crippen LogP contribution in [-0.4, -0.2) is 11.0 Å². The minimum Gasteiger partial charge on any atom is -0.409 e. The van der Waals surface area contributed by atoms with Gasteiger partial charge >= 0.3 is 0 Å². The van der Waals surface area contributed by atoms with Gasteiger partial charge in [0.1, 0.15) is 0 Å². The summed E-state index contributed by atoms with van der Waals surface area (Å²) in [4.78, 5) is 0. The molecule has 2 aromatic rings. The summed E-state index contributed by atoms with van der Waals surface area (Å²) in [6.07, 6.45) is 0. The molecule has 0 fully saturated rings. The lowest BCUT2D eigenvalue weighted by Crippen LogP contribution is -2.13. The van der Waals surface area contributed by atoms with Gasteiger partial charge in [-0.2, -0.15) is 0 Å². The number of nitrogens with one attached hydrogen (secondary N) is 1. The van der Waals surface area contributed by atoms with Crippen molar-refractivity contribution in [3.63, 3.8) is 0 Å². The lowest BCUT2D eigenvalue weighted by molar-refractivity contribution is 0.318. The zero-order chi connectivity index (χ0) is 14.5. The van der Waals surface area contributed by atoms with Crippen molar-refractivity contribution in [3.05, 3.63) is 63.6 Å². The molecule has 0 saturated heterocycles. The van der Waals surface area contributed by atoms with Crippen molar-refractivity contribution in [2.75, 3.05) is 5.32 Å². The monoisotopic (exact) mass is 309 g/mol. The van der Waals surface area contributed by atoms with Crippen molar-refractivity contribution in [2.45, 2.75) is 6.54 Å². The maximum atomic E-state index is 8.59. The highest BCUT2D eigenvalue weighted by atomic mass is 35.5. The van der Waals surface area contributed by atoms with Gasteiger partial charge < -0.3 is 16.3 Å². The topological polar surface area (TPSA) is 70.6 Å². The summed E-state index contributed by atoms with van der Waals surface area (Å²) in [6.45, 7) is 0.594. The fraction of sp³-hybridized carbons (Fsp3) is 0.0714. The third kappa shape index (κ3) is 3.35. The first kappa shape index (κ1) is 14.5. The van der Waals surface area contributed by atoms with Crippen molar-refractivity contribution in [2.24, 2.45) is 10.9 Å². The zero-order valence-electron chi connectivity index (χ0n) is 10.5. The summed E-state index contributed by atoms with van der Waals surface area (Å²) >= 11 is 12.0. The van der Waals surface area contributed by atoms with E-state index in [-0.39, 0.29) is 5.84 Å². The van der Waals surface area contributed by atoms with Crippen LogP contribution in [0, 0.1) is 0 Å². The van der Waals surface area contributed by atoms with E-state index in [4.69, 9.17) is 34.1 Å². The van der Waals surface area contributed by atoms with Crippen LogP contribution in [0.25, 0.3) is 0 Å². The van der Waals surface area contributed by atoms with Gasteiger partial charge in [0.25, 0.3) is 0 Å². The van der Waals surface area contributed by atoms with Crippen molar-refractivity contribution >= 4 is 34.7 Å². The fourth-order valence-electron chi connectivity index (χ4n) is 1.69. The molecule has 0 bridgehead atoms. The van der Waals surface area contributed by atoms with E-state index in [1.54, 1.807) is 18.2 Å². The molecule has 0 unspecified atom stereocenters. The van der Waals surface area contributed by atoms with E-state index < -0.39 is 0 Å². The second-order valence-electron chi connectivity index (χ2n) is 4.14. The Balaban J connectivity index is 2.06. The smallest absolute Gasteiger partial charge is 0.170 e. The average Bonchev–Trinajstić information content (AvgIpc) is 2.48. The normalized spacial score (nSPS) is 11.4. The van der Waals surface area contributed by atoms with Crippen molar-refractivity contribution in [1.82, 2.24) is 0 Å². The Morgan fingerprint density at radius 2 is 1.85 bits per heavy atom. The zero-order valence-corrected chi connectivity index (χ0v) is 12.0. The van der Waals surface area contributed by atoms with Crippen molar-refractivity contribution in [3.8, 4) is 0 Å². The molecule has 0 heterocycles. The van der Waals surface area contributed by atoms with Gasteiger partial charge in [0.15, 0.2) is 5.84 Å². The van der Waals surface area contributed by atoms with Crippen LogP contribution in [0.1, 0.15) is 11.1 Å². The molecule has 0 aliphatic rings. The molecule has 4 N–H and O–H groups in total. The van der Waals surface area contributed by atoms with Gasteiger partial charge in [0.05, 0.1) is 15.7 Å². The minimum atomic E-state index is 0.0856. The number of benzene rings is 2. The van der Waals surface area contributed by atoms with Gasteiger partial charge in [0.2, 0.25) is 0 Å². The largest absolute Gasteiger partial charge is 0.409 e. The molecule has 0 atom stereocenters. The van der Waals surface area contributed by atoms with Crippen LogP contribution in [0.2, 0.25) is 10.0 Å². The SMILES string of the molecule is NC(=NO)c1ccc(CNc2cccc(Cl)c2Cl)cc1. The molecule has 0 aliphatic heterocycles. The van der Waals surface area contributed by atoms with Gasteiger partial charge in [-0.25, -0.2) is 0 Å². The highest BCUT2D eigenvalue weighted by Crippen LogP contribution is 2.29. The van der Waals surface area contributed by atoms with Crippen LogP contribution in [0.5, 0.6) is 0 Å². The van der Waals surface area contributed by atoms with E-state index in [0.29, 0.717) is 22.2 Å². The number of hydrogen-bond acceptors (Lipinski definition) is 3. The molecule has 0 aromatic heterocycles. The number of hydrogen-bond donors (Lipinski definition) is 3. The van der Waals surface area contributed by atoms with Gasteiger partial charge in [-0.3, -0.25) is 0 Å². The lowest BCUT2D eigenvalue weighted by Gasteiger charge is -2.09. The Bertz CT molecular complexity index is 627. The molecule has 2 rings (SSSR count). The average molecular weight is 310 g/mol. The number of oxime groups is 1. The van der Waals surface area contributed by atoms with Crippen LogP contribution in [0.4, 0.5) is 5.69 Å². The Morgan fingerprint density at radius 3 is 2.50 bits per heavy atom. The third-order valence-corrected chi connectivity index (χ3v) is 3.61. The Kier molecular flexibility index (Phi) is 4.71. The summed E-state index contributed by atoms with van der Waals surface area (Å²) in [6, 6.07) is 12.8. The van der Waals surface area contributed by atoms with Gasteiger partial charge in [-0.1, -0.05) is 58.7 Å². The molecular weight excluding hydrogens is 297 g/mol. The van der Waals surface area contributed by atoms with E-state index >= 15 is 0 Å². The number of halogens is 2. The third-order valence-electron chi connectivity index (χ3n) is 2.79. The number of anilines is 1. The van der Waals surface area contributed by atoms with E-state index in [1.807, 2.05) is 24.3 Å². The number of nitrogens with two attached hydrogens (primary N) is 1. The predicted octanol–water partition coefficient (Wildman–Crippen LogP) is 3.70. The molecule has 0 amide bonds. The van der Waals surface area contributed by atoms with Gasteiger partial charge in [0, 0.05) is 12.1 Å². The summed E-state index contributed by atoms with van der Waals surface area (Å²) in [5.74, 6) is 0.0856. The predicted molar refractivity (Wildman–Crippen MR) is 82.7 cm³/mol. The summed E-state index contributed by atoms with van der Waals surface area (Å²) in [7, 11) is 0. The van der Waals surface area contributed by atoms with E-state index in [1.165, 1.54) is 0 Å². The Hall–Kier alpha value is -1.91. The molecule has 0 spiro atoms. The first-order valence-electron chi connectivity index (χ1n) is 5.86. The van der Waals surface area contributed by atoms with Gasteiger partial charge in [-0.05, 0) is 17.7 Å². The molecule has 2 aromatic carbocycles. The van der Waals surface area contributed by atoms with E-state index in [0.717, 1.165) is 11.3 Å². The summed E-state index contributed by atoms with van der Waals surface area (Å²) in [5, 5.41) is 15.8. The molecule has 20 heavy (non-hydrogen) atoms. The molecule has 0 aliphatic carbocycles. The van der Waals surface area contributed by atoms with Crippen LogP contribution in [0.3, 0.4) is 0 Å². The second kappa shape index (κ2) is 6.50. The second-order valence-corrected chi connectivity index (χ2v) is 4.92. The molecule has 104 valence electrons. The molecule has 0 radical (unpaired) electrons. The van der Waals surface area contributed by atoms with Crippen LogP contribution < -0.4 is 11.1 Å². The van der Waals surface area contributed by atoms with Gasteiger partial charge in [-0.15, -0.1) is 0 Å². The van der Waals surface area contributed by atoms with Crippen molar-refractivity contribution < 1.29 is 5.21 Å². The van der Waals surface area contributed by atoms with E-state index in [9.17, 15) is 0 Å². The Labute approximate surface area is 126 Å². The highest BCUT2D eigenvalue weighted by molar-refractivity contribution is 6.43.